The second-order valence-corrected chi connectivity index (χ2v) is 10.4. The molecule has 0 saturated carbocycles. The number of aromatic nitrogens is 2. The van der Waals surface area contributed by atoms with Gasteiger partial charge >= 0.3 is 6.09 Å². The van der Waals surface area contributed by atoms with E-state index < -0.39 is 16.1 Å². The number of hydrogen-bond acceptors (Lipinski definition) is 8. The van der Waals surface area contributed by atoms with Crippen molar-refractivity contribution in [2.24, 2.45) is 5.14 Å². The molecule has 3 heterocycles. The molecule has 34 heavy (non-hydrogen) atoms. The van der Waals surface area contributed by atoms with Crippen LogP contribution < -0.4 is 15.4 Å². The number of nitrogens with zero attached hydrogens (tertiary/aromatic N) is 3. The van der Waals surface area contributed by atoms with E-state index >= 15 is 0 Å². The molecule has 4 rings (SSSR count). The maximum Gasteiger partial charge on any atom is 0.407 e. The van der Waals surface area contributed by atoms with Crippen molar-refractivity contribution in [1.82, 2.24) is 15.3 Å². The summed E-state index contributed by atoms with van der Waals surface area (Å²) in [6.07, 6.45) is 1.48. The topological polar surface area (TPSA) is 128 Å². The number of anilines is 1. The van der Waals surface area contributed by atoms with Crippen LogP contribution in [0.4, 0.5) is 10.6 Å². The number of alkyl carbamates (subject to hydrolysis) is 1. The third-order valence-electron chi connectivity index (χ3n) is 5.62. The van der Waals surface area contributed by atoms with E-state index in [4.69, 9.17) is 14.9 Å². The fourth-order valence-corrected chi connectivity index (χ4v) is 5.33. The molecule has 3 N–H and O–H groups in total. The number of piperidine rings is 1. The summed E-state index contributed by atoms with van der Waals surface area (Å²) >= 11 is 1.61. The summed E-state index contributed by atoms with van der Waals surface area (Å²) in [6, 6.07) is 12.3. The van der Waals surface area contributed by atoms with E-state index in [-0.39, 0.29) is 11.5 Å². The zero-order chi connectivity index (χ0) is 24.1. The number of ether oxygens (including phenoxy) is 1. The Morgan fingerprint density at radius 1 is 1.18 bits per heavy atom. The van der Waals surface area contributed by atoms with Gasteiger partial charge in [0, 0.05) is 36.5 Å². The van der Waals surface area contributed by atoms with Gasteiger partial charge in [-0.1, -0.05) is 18.2 Å². The maximum atomic E-state index is 11.5. The van der Waals surface area contributed by atoms with Crippen molar-refractivity contribution in [1.29, 1.82) is 0 Å². The van der Waals surface area contributed by atoms with Crippen molar-refractivity contribution in [3.05, 3.63) is 58.5 Å². The van der Waals surface area contributed by atoms with Crippen molar-refractivity contribution >= 4 is 33.3 Å². The lowest BCUT2D eigenvalue weighted by Crippen LogP contribution is -2.33. The van der Waals surface area contributed by atoms with Crippen molar-refractivity contribution in [3.8, 4) is 11.3 Å². The van der Waals surface area contributed by atoms with E-state index in [1.165, 1.54) is 12.1 Å². The molecule has 1 aromatic carbocycles. The lowest BCUT2D eigenvalue weighted by Gasteiger charge is -2.32. The van der Waals surface area contributed by atoms with Crippen LogP contribution in [0.1, 0.15) is 36.4 Å². The van der Waals surface area contributed by atoms with Crippen LogP contribution in [-0.2, 0) is 21.4 Å². The molecule has 1 fully saturated rings. The fourth-order valence-electron chi connectivity index (χ4n) is 3.84. The Kier molecular flexibility index (Phi) is 7.44. The molecule has 9 nitrogen and oxygen atoms in total. The molecule has 1 aliphatic heterocycles. The van der Waals surface area contributed by atoms with Crippen LogP contribution in [-0.4, -0.2) is 44.1 Å². The van der Waals surface area contributed by atoms with Crippen LogP contribution in [0.25, 0.3) is 11.3 Å². The first kappa shape index (κ1) is 24.1. The number of nitrogens with one attached hydrogen (secondary N) is 1. The third-order valence-corrected chi connectivity index (χ3v) is 7.61. The van der Waals surface area contributed by atoms with Gasteiger partial charge in [0.15, 0.2) is 0 Å². The number of nitrogens with two attached hydrogens (primary N) is 1. The van der Waals surface area contributed by atoms with Gasteiger partial charge in [0.25, 0.3) is 0 Å². The van der Waals surface area contributed by atoms with Gasteiger partial charge in [-0.3, -0.25) is 0 Å². The molecule has 0 spiro atoms. The first-order valence-corrected chi connectivity index (χ1v) is 13.5. The number of hydrogen-bond donors (Lipinski definition) is 2. The van der Waals surface area contributed by atoms with Crippen molar-refractivity contribution in [2.75, 3.05) is 24.5 Å². The van der Waals surface area contributed by atoms with Crippen LogP contribution in [0.5, 0.6) is 0 Å². The quantitative estimate of drug-likeness (QED) is 0.507. The number of carbonyl (C=O) groups is 1. The Bertz CT molecular complexity index is 1240. The second-order valence-electron chi connectivity index (χ2n) is 8.00. The molecule has 0 unspecified atom stereocenters. The summed E-state index contributed by atoms with van der Waals surface area (Å²) in [5.74, 6) is 1.26. The van der Waals surface area contributed by atoms with Gasteiger partial charge in [-0.25, -0.2) is 28.3 Å². The van der Waals surface area contributed by atoms with E-state index in [0.717, 1.165) is 53.7 Å². The van der Waals surface area contributed by atoms with E-state index in [9.17, 15) is 13.2 Å². The highest BCUT2D eigenvalue weighted by atomic mass is 32.2. The molecule has 0 aliphatic carbocycles. The summed E-state index contributed by atoms with van der Waals surface area (Å²) < 4.78 is 28.1. The summed E-state index contributed by atoms with van der Waals surface area (Å²) in [7, 11) is -3.72. The maximum absolute atomic E-state index is 11.5. The lowest BCUT2D eigenvalue weighted by molar-refractivity contribution is 0.139. The zero-order valence-electron chi connectivity index (χ0n) is 18.8. The van der Waals surface area contributed by atoms with Gasteiger partial charge in [-0.15, -0.1) is 11.3 Å². The van der Waals surface area contributed by atoms with E-state index in [2.05, 4.69) is 15.2 Å². The molecular weight excluding hydrogens is 474 g/mol. The minimum atomic E-state index is -3.72. The average molecular weight is 502 g/mol. The molecule has 1 saturated heterocycles. The lowest BCUT2D eigenvalue weighted by atomic mass is 9.97. The molecule has 2 aromatic heterocycles. The highest BCUT2D eigenvalue weighted by molar-refractivity contribution is 7.89. The van der Waals surface area contributed by atoms with Crippen LogP contribution in [0.2, 0.25) is 0 Å². The summed E-state index contributed by atoms with van der Waals surface area (Å²) in [5, 5.41) is 10.8. The Hall–Kier alpha value is -3.02. The number of thiazole rings is 1. The van der Waals surface area contributed by atoms with Gasteiger partial charge < -0.3 is 15.0 Å². The first-order chi connectivity index (χ1) is 16.3. The molecule has 3 aromatic rings. The summed E-state index contributed by atoms with van der Waals surface area (Å²) in [4.78, 5) is 23.3. The van der Waals surface area contributed by atoms with Crippen LogP contribution in [0.15, 0.2) is 52.7 Å². The minimum Gasteiger partial charge on any atom is -0.443 e. The predicted molar refractivity (Wildman–Crippen MR) is 131 cm³/mol. The number of rotatable bonds is 7. The molecule has 11 heteroatoms. The average Bonchev–Trinajstić information content (AvgIpc) is 3.32. The van der Waals surface area contributed by atoms with Crippen molar-refractivity contribution < 1.29 is 17.9 Å². The van der Waals surface area contributed by atoms with Crippen LogP contribution in [0, 0.1) is 0 Å². The Morgan fingerprint density at radius 2 is 1.91 bits per heavy atom. The smallest absolute Gasteiger partial charge is 0.407 e. The van der Waals surface area contributed by atoms with Gasteiger partial charge in [-0.2, -0.15) is 0 Å². The second kappa shape index (κ2) is 10.5. The Labute approximate surface area is 203 Å². The minimum absolute atomic E-state index is 0.0793. The highest BCUT2D eigenvalue weighted by Gasteiger charge is 2.24. The number of sulfonamides is 1. The number of benzene rings is 1. The predicted octanol–water partition coefficient (Wildman–Crippen LogP) is 3.48. The largest absolute Gasteiger partial charge is 0.443 e. The fraction of sp³-hybridized carbons (Fsp3) is 0.348. The number of pyridine rings is 1. The Morgan fingerprint density at radius 3 is 2.59 bits per heavy atom. The van der Waals surface area contributed by atoms with E-state index in [1.54, 1.807) is 23.5 Å². The van der Waals surface area contributed by atoms with Crippen LogP contribution >= 0.6 is 11.3 Å². The highest BCUT2D eigenvalue weighted by Crippen LogP contribution is 2.32. The molecule has 0 radical (unpaired) electrons. The zero-order valence-corrected chi connectivity index (χ0v) is 20.4. The van der Waals surface area contributed by atoms with Gasteiger partial charge in [0.2, 0.25) is 10.0 Å². The summed E-state index contributed by atoms with van der Waals surface area (Å²) in [6.45, 7) is 4.26. The number of amides is 1. The standard InChI is InChI=1S/C23H27N5O4S2/c1-2-25-23(29)32-14-18-15-33-22(26-18)17-10-12-28(13-11-17)21-5-3-4-20(27-21)16-6-8-19(9-7-16)34(24,30)31/h3-9,15,17H,2,10-14H2,1H3,(H,25,29)(H2,24,30,31). The summed E-state index contributed by atoms with van der Waals surface area (Å²) in [5.41, 5.74) is 2.38. The third kappa shape index (κ3) is 5.91. The van der Waals surface area contributed by atoms with Gasteiger partial charge in [-0.05, 0) is 44.0 Å². The monoisotopic (exact) mass is 501 g/mol. The molecule has 0 atom stereocenters. The first-order valence-electron chi connectivity index (χ1n) is 11.0. The van der Waals surface area contributed by atoms with E-state index in [1.807, 2.05) is 30.5 Å². The molecule has 1 amide bonds. The van der Waals surface area contributed by atoms with Crippen molar-refractivity contribution in [2.45, 2.75) is 37.2 Å². The molecule has 0 bridgehead atoms. The number of primary sulfonamides is 1. The van der Waals surface area contributed by atoms with Gasteiger partial charge in [0.05, 0.1) is 21.3 Å². The van der Waals surface area contributed by atoms with E-state index in [0.29, 0.717) is 12.5 Å². The number of carbonyl (C=O) groups excluding carboxylic acids is 1. The molecule has 180 valence electrons. The van der Waals surface area contributed by atoms with Crippen molar-refractivity contribution in [3.63, 3.8) is 0 Å². The van der Waals surface area contributed by atoms with Gasteiger partial charge in [0.1, 0.15) is 12.4 Å². The Balaban J connectivity index is 1.36. The SMILES string of the molecule is CCNC(=O)OCc1csc(C2CCN(c3cccc(-c4ccc(S(N)(=O)=O)cc4)n3)CC2)n1. The molecular formula is C23H27N5O4S2. The molecule has 1 aliphatic rings. The van der Waals surface area contributed by atoms with Crippen LogP contribution in [0.3, 0.4) is 0 Å². The normalized spacial score (nSPS) is 14.7.